The Morgan fingerprint density at radius 1 is 1.27 bits per heavy atom. The summed E-state index contributed by atoms with van der Waals surface area (Å²) in [6.45, 7) is 4.82. The predicted molar refractivity (Wildman–Crippen MR) is 81.4 cm³/mol. The molecule has 6 heteroatoms. The van der Waals surface area contributed by atoms with Crippen LogP contribution in [0.2, 0.25) is 0 Å². The lowest BCUT2D eigenvalue weighted by atomic mass is 10.1. The second-order valence-corrected chi connectivity index (χ2v) is 5.25. The van der Waals surface area contributed by atoms with Gasteiger partial charge in [-0.2, -0.15) is 0 Å². The second kappa shape index (κ2) is 11.3. The van der Waals surface area contributed by atoms with Crippen LogP contribution in [0.4, 0.5) is 0 Å². The third-order valence-electron chi connectivity index (χ3n) is 2.97. The van der Waals surface area contributed by atoms with Gasteiger partial charge in [-0.05, 0) is 24.1 Å². The molecule has 0 aliphatic rings. The minimum absolute atomic E-state index is 0. The summed E-state index contributed by atoms with van der Waals surface area (Å²) in [5.41, 5.74) is 1.05. The number of benzene rings is 1. The summed E-state index contributed by atoms with van der Waals surface area (Å²) in [5, 5.41) is 12.9. The molecule has 126 valence electrons. The highest BCUT2D eigenvalue weighted by molar-refractivity contribution is 5.69. The zero-order valence-corrected chi connectivity index (χ0v) is 14.1. The van der Waals surface area contributed by atoms with Gasteiger partial charge in [-0.15, -0.1) is 0 Å². The fourth-order valence-corrected chi connectivity index (χ4v) is 1.72. The zero-order chi connectivity index (χ0) is 15.7. The molecule has 0 aliphatic heterocycles. The molecule has 0 amide bonds. The average Bonchev–Trinajstić information content (AvgIpc) is 2.49. The van der Waals surface area contributed by atoms with E-state index < -0.39 is 6.10 Å². The Kier molecular flexibility index (Phi) is 10.6. The summed E-state index contributed by atoms with van der Waals surface area (Å²) in [6.07, 6.45) is 0.482. The minimum Gasteiger partial charge on any atom is -1.00 e. The van der Waals surface area contributed by atoms with Crippen LogP contribution in [-0.4, -0.2) is 43.5 Å². The first-order valence-electron chi connectivity index (χ1n) is 7.21. The van der Waals surface area contributed by atoms with Gasteiger partial charge in [-0.25, -0.2) is 0 Å². The zero-order valence-electron chi connectivity index (χ0n) is 13.3. The van der Waals surface area contributed by atoms with E-state index in [0.717, 1.165) is 5.56 Å². The van der Waals surface area contributed by atoms with Crippen molar-refractivity contribution in [1.29, 1.82) is 0 Å². The Balaban J connectivity index is 0.00000441. The summed E-state index contributed by atoms with van der Waals surface area (Å²) in [4.78, 5) is 11.1. The summed E-state index contributed by atoms with van der Waals surface area (Å²) < 4.78 is 10.1. The quantitative estimate of drug-likeness (QED) is 0.541. The predicted octanol–water partition coefficient (Wildman–Crippen LogP) is -1.47. The van der Waals surface area contributed by atoms with Crippen molar-refractivity contribution in [2.75, 3.05) is 20.3 Å². The molecule has 1 aromatic carbocycles. The third-order valence-corrected chi connectivity index (χ3v) is 2.97. The number of methoxy groups -OCH3 is 1. The number of carbonyl (C=O) groups is 1. The van der Waals surface area contributed by atoms with E-state index >= 15 is 0 Å². The van der Waals surface area contributed by atoms with Gasteiger partial charge >= 0.3 is 5.97 Å². The van der Waals surface area contributed by atoms with Crippen LogP contribution in [-0.2, 0) is 16.0 Å². The van der Waals surface area contributed by atoms with Crippen molar-refractivity contribution >= 4 is 5.97 Å². The standard InChI is InChI=1S/C16H25NO4.ClH/c1-12(2)17-10-14(18)11-21-15-7-4-13(5-8-15)6-9-16(19)20-3;/h4-5,7-8,12,14,17-18H,6,9-11H2,1-3H3;1H/p-1. The molecule has 0 spiro atoms. The van der Waals surface area contributed by atoms with Crippen LogP contribution in [0.5, 0.6) is 5.75 Å². The molecule has 1 unspecified atom stereocenters. The van der Waals surface area contributed by atoms with Crippen LogP contribution in [0.3, 0.4) is 0 Å². The van der Waals surface area contributed by atoms with Crippen LogP contribution >= 0.6 is 0 Å². The van der Waals surface area contributed by atoms with Crippen LogP contribution in [0.15, 0.2) is 24.3 Å². The maximum Gasteiger partial charge on any atom is 0.305 e. The van der Waals surface area contributed by atoms with Gasteiger partial charge in [0.2, 0.25) is 0 Å². The normalized spacial score (nSPS) is 11.7. The number of esters is 1. The maximum atomic E-state index is 11.1. The van der Waals surface area contributed by atoms with Crippen molar-refractivity contribution in [3.8, 4) is 5.75 Å². The number of hydrogen-bond donors (Lipinski definition) is 2. The van der Waals surface area contributed by atoms with Gasteiger partial charge in [0.15, 0.2) is 0 Å². The number of nitrogens with one attached hydrogen (secondary N) is 1. The molecule has 5 nitrogen and oxygen atoms in total. The molecule has 0 aromatic heterocycles. The molecule has 0 saturated carbocycles. The fourth-order valence-electron chi connectivity index (χ4n) is 1.72. The Hall–Kier alpha value is -1.30. The number of halogens is 1. The number of carbonyl (C=O) groups excluding carboxylic acids is 1. The van der Waals surface area contributed by atoms with E-state index in [9.17, 15) is 9.90 Å². The van der Waals surface area contributed by atoms with Gasteiger partial charge in [0.25, 0.3) is 0 Å². The molecule has 1 rings (SSSR count). The smallest absolute Gasteiger partial charge is 0.305 e. The first-order valence-corrected chi connectivity index (χ1v) is 7.21. The molecule has 22 heavy (non-hydrogen) atoms. The lowest BCUT2D eigenvalue weighted by molar-refractivity contribution is -0.140. The summed E-state index contributed by atoms with van der Waals surface area (Å²) in [5.74, 6) is 0.497. The molecular weight excluding hydrogens is 306 g/mol. The van der Waals surface area contributed by atoms with E-state index in [0.29, 0.717) is 31.2 Å². The molecular formula is C16H25ClNO4-. The summed E-state index contributed by atoms with van der Waals surface area (Å²) in [6, 6.07) is 7.85. The van der Waals surface area contributed by atoms with E-state index in [2.05, 4.69) is 10.1 Å². The van der Waals surface area contributed by atoms with Crippen molar-refractivity contribution in [3.63, 3.8) is 0 Å². The van der Waals surface area contributed by atoms with Crippen molar-refractivity contribution in [3.05, 3.63) is 29.8 Å². The average molecular weight is 331 g/mol. The van der Waals surface area contributed by atoms with Crippen molar-refractivity contribution in [2.45, 2.75) is 38.8 Å². The molecule has 0 radical (unpaired) electrons. The van der Waals surface area contributed by atoms with Crippen LogP contribution < -0.4 is 22.5 Å². The molecule has 0 heterocycles. The van der Waals surface area contributed by atoms with Crippen molar-refractivity contribution in [2.24, 2.45) is 0 Å². The molecule has 0 aliphatic carbocycles. The Labute approximate surface area is 138 Å². The van der Waals surface area contributed by atoms with E-state index in [4.69, 9.17) is 4.74 Å². The Bertz CT molecular complexity index is 423. The molecule has 0 fully saturated rings. The van der Waals surface area contributed by atoms with E-state index in [1.54, 1.807) is 0 Å². The topological polar surface area (TPSA) is 67.8 Å². The monoisotopic (exact) mass is 330 g/mol. The highest BCUT2D eigenvalue weighted by Crippen LogP contribution is 2.13. The van der Waals surface area contributed by atoms with Crippen LogP contribution in [0.25, 0.3) is 0 Å². The lowest BCUT2D eigenvalue weighted by Crippen LogP contribution is -3.00. The number of ether oxygens (including phenoxy) is 2. The number of aliphatic hydroxyl groups excluding tert-OH is 1. The second-order valence-electron chi connectivity index (χ2n) is 5.25. The van der Waals surface area contributed by atoms with Gasteiger partial charge in [-0.3, -0.25) is 4.79 Å². The van der Waals surface area contributed by atoms with E-state index in [1.807, 2.05) is 38.1 Å². The first kappa shape index (κ1) is 20.7. The van der Waals surface area contributed by atoms with Gasteiger partial charge < -0.3 is 32.3 Å². The number of rotatable bonds is 9. The molecule has 1 atom stereocenters. The van der Waals surface area contributed by atoms with Crippen LogP contribution in [0.1, 0.15) is 25.8 Å². The van der Waals surface area contributed by atoms with E-state index in [1.165, 1.54) is 7.11 Å². The van der Waals surface area contributed by atoms with Crippen LogP contribution in [0, 0.1) is 0 Å². The SMILES string of the molecule is COC(=O)CCc1ccc(OCC(O)CNC(C)C)cc1.[Cl-]. The molecule has 0 saturated heterocycles. The first-order chi connectivity index (χ1) is 10.0. The summed E-state index contributed by atoms with van der Waals surface area (Å²) >= 11 is 0. The van der Waals surface area contributed by atoms with E-state index in [-0.39, 0.29) is 25.0 Å². The molecule has 2 N–H and O–H groups in total. The van der Waals surface area contributed by atoms with Crippen molar-refractivity contribution < 1.29 is 31.8 Å². The fraction of sp³-hybridized carbons (Fsp3) is 0.562. The number of hydrogen-bond acceptors (Lipinski definition) is 5. The van der Waals surface area contributed by atoms with Gasteiger partial charge in [0, 0.05) is 19.0 Å². The Morgan fingerprint density at radius 2 is 1.91 bits per heavy atom. The van der Waals surface area contributed by atoms with Gasteiger partial charge in [-0.1, -0.05) is 26.0 Å². The largest absolute Gasteiger partial charge is 1.00 e. The molecule has 0 bridgehead atoms. The lowest BCUT2D eigenvalue weighted by Gasteiger charge is -2.15. The maximum absolute atomic E-state index is 11.1. The third kappa shape index (κ3) is 8.87. The highest BCUT2D eigenvalue weighted by atomic mass is 35.5. The Morgan fingerprint density at radius 3 is 2.45 bits per heavy atom. The number of aryl methyl sites for hydroxylation is 1. The van der Waals surface area contributed by atoms with Gasteiger partial charge in [0.1, 0.15) is 18.5 Å². The molecule has 1 aromatic rings. The van der Waals surface area contributed by atoms with Gasteiger partial charge in [0.05, 0.1) is 7.11 Å². The highest BCUT2D eigenvalue weighted by Gasteiger charge is 2.06. The summed E-state index contributed by atoms with van der Waals surface area (Å²) in [7, 11) is 1.39. The minimum atomic E-state index is -0.536. The van der Waals surface area contributed by atoms with Crippen molar-refractivity contribution in [1.82, 2.24) is 5.32 Å². The number of aliphatic hydroxyl groups is 1.